The lowest BCUT2D eigenvalue weighted by molar-refractivity contribution is -0.148. The molecule has 1 N–H and O–H groups in total. The molecule has 1 aromatic rings. The van der Waals surface area contributed by atoms with Crippen LogP contribution in [0.25, 0.3) is 0 Å². The van der Waals surface area contributed by atoms with Gasteiger partial charge in [0.1, 0.15) is 0 Å². The molecule has 0 radical (unpaired) electrons. The zero-order valence-corrected chi connectivity index (χ0v) is 20.0. The molecule has 1 aliphatic rings. The summed E-state index contributed by atoms with van der Waals surface area (Å²) >= 11 is 0. The summed E-state index contributed by atoms with van der Waals surface area (Å²) in [6, 6.07) is 9.66. The number of aliphatic hydroxyl groups excluding tert-OH is 1. The summed E-state index contributed by atoms with van der Waals surface area (Å²) in [5, 5.41) is 10.6. The second-order valence-electron chi connectivity index (χ2n) is 9.30. The number of unbranched alkanes of at least 4 members (excludes halogenated alkanes) is 3. The summed E-state index contributed by atoms with van der Waals surface area (Å²) in [5.74, 6) is -4.58. The van der Waals surface area contributed by atoms with Gasteiger partial charge in [0.15, 0.2) is 0 Å². The maximum absolute atomic E-state index is 14.1. The third-order valence-corrected chi connectivity index (χ3v) is 6.68. The van der Waals surface area contributed by atoms with Crippen molar-refractivity contribution >= 4 is 11.9 Å². The van der Waals surface area contributed by atoms with Crippen molar-refractivity contribution in [3.8, 4) is 0 Å². The number of aliphatic hydroxyl groups is 1. The van der Waals surface area contributed by atoms with Gasteiger partial charge in [-0.25, -0.2) is 0 Å². The van der Waals surface area contributed by atoms with Crippen molar-refractivity contribution < 1.29 is 28.2 Å². The zero-order valence-electron chi connectivity index (χ0n) is 20.0. The van der Waals surface area contributed by atoms with Crippen molar-refractivity contribution in [3.05, 3.63) is 35.9 Å². The van der Waals surface area contributed by atoms with Crippen LogP contribution in [0.2, 0.25) is 0 Å². The van der Waals surface area contributed by atoms with Crippen LogP contribution in [-0.2, 0) is 20.7 Å². The number of carbonyl (C=O) groups is 2. The molecule has 0 spiro atoms. The minimum absolute atomic E-state index is 0.0783. The van der Waals surface area contributed by atoms with Gasteiger partial charge in [0.25, 0.3) is 5.91 Å². The molecular weight excluding hydrogens is 428 g/mol. The highest BCUT2D eigenvalue weighted by Gasteiger charge is 2.52. The van der Waals surface area contributed by atoms with Crippen LogP contribution in [0.15, 0.2) is 30.3 Å². The molecule has 0 aliphatic carbocycles. The average molecular weight is 468 g/mol. The largest absolute Gasteiger partial charge is 0.469 e. The molecule has 1 aliphatic heterocycles. The lowest BCUT2D eigenvalue weighted by atomic mass is 9.92. The third kappa shape index (κ3) is 9.03. The molecule has 3 atom stereocenters. The van der Waals surface area contributed by atoms with E-state index < -0.39 is 30.4 Å². The van der Waals surface area contributed by atoms with Gasteiger partial charge in [0.05, 0.1) is 13.2 Å². The number of ether oxygens (including phenoxy) is 1. The Balaban J connectivity index is 1.73. The topological polar surface area (TPSA) is 66.8 Å². The third-order valence-electron chi connectivity index (χ3n) is 6.68. The van der Waals surface area contributed by atoms with E-state index >= 15 is 0 Å². The van der Waals surface area contributed by atoms with Crippen molar-refractivity contribution in [1.82, 2.24) is 4.90 Å². The Morgan fingerprint density at radius 2 is 1.85 bits per heavy atom. The maximum Gasteiger partial charge on any atom is 0.326 e. The van der Waals surface area contributed by atoms with Crippen LogP contribution in [0.3, 0.4) is 0 Å². The molecule has 0 bridgehead atoms. The molecule has 33 heavy (non-hydrogen) atoms. The van der Waals surface area contributed by atoms with Crippen molar-refractivity contribution in [2.24, 2.45) is 5.92 Å². The summed E-state index contributed by atoms with van der Waals surface area (Å²) in [4.78, 5) is 24.6. The highest BCUT2D eigenvalue weighted by atomic mass is 19.3. The SMILES string of the molecule is COC(=O)CCCCCCN1C(=O)C(F)(F)C[C@@H]1CC[C@@H](O)[C@H](C)CCCc1ccccc1. The van der Waals surface area contributed by atoms with E-state index in [1.165, 1.54) is 17.6 Å². The van der Waals surface area contributed by atoms with Gasteiger partial charge in [-0.15, -0.1) is 0 Å². The van der Waals surface area contributed by atoms with Gasteiger partial charge in [-0.3, -0.25) is 9.59 Å². The minimum atomic E-state index is -3.32. The standard InChI is InChI=1S/C26H39F2NO4/c1-20(11-10-14-21-12-6-5-7-13-21)23(30)17-16-22-19-26(27,28)25(32)29(22)18-9-4-3-8-15-24(31)33-2/h5-7,12-13,20,22-23,30H,3-4,8-11,14-19H2,1-2H3/t20-,22+,23-/m1/s1. The van der Waals surface area contributed by atoms with E-state index in [1.54, 1.807) is 0 Å². The molecular formula is C26H39F2NO4. The van der Waals surface area contributed by atoms with Gasteiger partial charge < -0.3 is 14.7 Å². The Kier molecular flexibility index (Phi) is 11.2. The first-order valence-electron chi connectivity index (χ1n) is 12.2. The predicted molar refractivity (Wildman–Crippen MR) is 124 cm³/mol. The predicted octanol–water partition coefficient (Wildman–Crippen LogP) is 5.15. The quantitative estimate of drug-likeness (QED) is 0.286. The molecule has 1 amide bonds. The van der Waals surface area contributed by atoms with Crippen LogP contribution in [0, 0.1) is 5.92 Å². The number of nitrogens with zero attached hydrogens (tertiary/aromatic N) is 1. The van der Waals surface area contributed by atoms with Crippen LogP contribution in [0.1, 0.15) is 76.7 Å². The summed E-state index contributed by atoms with van der Waals surface area (Å²) in [5.41, 5.74) is 1.27. The number of benzene rings is 1. The number of amides is 1. The Labute approximate surface area is 196 Å². The highest BCUT2D eigenvalue weighted by molar-refractivity contribution is 5.86. The number of alkyl halides is 2. The number of halogens is 2. The molecule has 0 aromatic heterocycles. The van der Waals surface area contributed by atoms with Crippen molar-refractivity contribution in [1.29, 1.82) is 0 Å². The van der Waals surface area contributed by atoms with E-state index in [2.05, 4.69) is 16.9 Å². The fraction of sp³-hybridized carbons (Fsp3) is 0.692. The first-order valence-corrected chi connectivity index (χ1v) is 12.2. The summed E-state index contributed by atoms with van der Waals surface area (Å²) in [6.07, 6.45) is 5.76. The van der Waals surface area contributed by atoms with Crippen LogP contribution in [0.5, 0.6) is 0 Å². The molecule has 0 saturated carbocycles. The fourth-order valence-corrected chi connectivity index (χ4v) is 4.53. The molecule has 186 valence electrons. The lowest BCUT2D eigenvalue weighted by Gasteiger charge is -2.26. The molecule has 0 unspecified atom stereocenters. The van der Waals surface area contributed by atoms with E-state index in [9.17, 15) is 23.5 Å². The smallest absolute Gasteiger partial charge is 0.326 e. The molecule has 5 nitrogen and oxygen atoms in total. The molecule has 7 heteroatoms. The Morgan fingerprint density at radius 1 is 1.15 bits per heavy atom. The van der Waals surface area contributed by atoms with Crippen molar-refractivity contribution in [2.75, 3.05) is 13.7 Å². The number of methoxy groups -OCH3 is 1. The van der Waals surface area contributed by atoms with Crippen molar-refractivity contribution in [2.45, 2.75) is 95.6 Å². The summed E-state index contributed by atoms with van der Waals surface area (Å²) < 4.78 is 32.8. The van der Waals surface area contributed by atoms with Gasteiger partial charge in [-0.05, 0) is 56.4 Å². The first kappa shape index (κ1) is 27.2. The molecule has 1 aromatic carbocycles. The second-order valence-corrected chi connectivity index (χ2v) is 9.30. The van der Waals surface area contributed by atoms with Gasteiger partial charge >= 0.3 is 11.9 Å². The van der Waals surface area contributed by atoms with E-state index in [0.717, 1.165) is 32.1 Å². The van der Waals surface area contributed by atoms with Gasteiger partial charge in [-0.1, -0.05) is 50.1 Å². The zero-order chi connectivity index (χ0) is 24.3. The van der Waals surface area contributed by atoms with Crippen LogP contribution in [0.4, 0.5) is 8.78 Å². The van der Waals surface area contributed by atoms with Crippen LogP contribution >= 0.6 is 0 Å². The van der Waals surface area contributed by atoms with Gasteiger partial charge in [0, 0.05) is 25.4 Å². The normalized spacial score (nSPS) is 19.5. The molecule has 2 rings (SSSR count). The molecule has 1 heterocycles. The summed E-state index contributed by atoms with van der Waals surface area (Å²) in [7, 11) is 1.35. The Morgan fingerprint density at radius 3 is 2.55 bits per heavy atom. The fourth-order valence-electron chi connectivity index (χ4n) is 4.53. The summed E-state index contributed by atoms with van der Waals surface area (Å²) in [6.45, 7) is 2.29. The maximum atomic E-state index is 14.1. The number of rotatable bonds is 15. The lowest BCUT2D eigenvalue weighted by Crippen LogP contribution is -2.37. The number of hydrogen-bond donors (Lipinski definition) is 1. The molecule has 1 saturated heterocycles. The van der Waals surface area contributed by atoms with Gasteiger partial charge in [-0.2, -0.15) is 8.78 Å². The van der Waals surface area contributed by atoms with E-state index in [0.29, 0.717) is 38.6 Å². The Hall–Kier alpha value is -2.02. The number of aryl methyl sites for hydroxylation is 1. The number of carbonyl (C=O) groups excluding carboxylic acids is 2. The van der Waals surface area contributed by atoms with E-state index in [-0.39, 0.29) is 11.9 Å². The highest BCUT2D eigenvalue weighted by Crippen LogP contribution is 2.36. The number of esters is 1. The van der Waals surface area contributed by atoms with Gasteiger partial charge in [0.2, 0.25) is 0 Å². The van der Waals surface area contributed by atoms with Crippen LogP contribution in [-0.4, -0.2) is 53.6 Å². The number of likely N-dealkylation sites (tertiary alicyclic amines) is 1. The Bertz CT molecular complexity index is 728. The average Bonchev–Trinajstić information content (AvgIpc) is 3.02. The molecule has 1 fully saturated rings. The van der Waals surface area contributed by atoms with E-state index in [1.807, 2.05) is 25.1 Å². The minimum Gasteiger partial charge on any atom is -0.469 e. The first-order chi connectivity index (χ1) is 15.7. The van der Waals surface area contributed by atoms with Crippen molar-refractivity contribution in [3.63, 3.8) is 0 Å². The monoisotopic (exact) mass is 467 g/mol. The van der Waals surface area contributed by atoms with Crippen LogP contribution < -0.4 is 0 Å². The number of hydrogen-bond acceptors (Lipinski definition) is 4. The second kappa shape index (κ2) is 13.6. The van der Waals surface area contributed by atoms with E-state index in [4.69, 9.17) is 0 Å².